The van der Waals surface area contributed by atoms with Gasteiger partial charge < -0.3 is 34.6 Å². The highest BCUT2D eigenvalue weighted by atomic mass is 19.4. The van der Waals surface area contributed by atoms with Gasteiger partial charge in [0.2, 0.25) is 11.8 Å². The van der Waals surface area contributed by atoms with Crippen LogP contribution in [0.15, 0.2) is 42.6 Å². The SMILES string of the molecule is COc1cc(C(=O)NC2CCN(C)C[C@@H]2OC)ccc1Nc1ncc(C(F)(F)F)c(Oc2cccc3c2C(=O)N(C)C3)n1. The third-order valence-corrected chi connectivity index (χ3v) is 7.44. The minimum atomic E-state index is -4.82. The van der Waals surface area contributed by atoms with Crippen LogP contribution in [0.25, 0.3) is 0 Å². The summed E-state index contributed by atoms with van der Waals surface area (Å²) in [5, 5.41) is 5.85. The number of carbonyl (C=O) groups excluding carboxylic acids is 2. The number of hydrogen-bond donors (Lipinski definition) is 2. The fraction of sp³-hybridized carbons (Fsp3) is 0.379. The summed E-state index contributed by atoms with van der Waals surface area (Å²) in [5.41, 5.74) is 0.223. The average molecular weight is 601 g/mol. The molecule has 14 heteroatoms. The number of carbonyl (C=O) groups is 2. The molecule has 5 rings (SSSR count). The lowest BCUT2D eigenvalue weighted by atomic mass is 10.0. The summed E-state index contributed by atoms with van der Waals surface area (Å²) in [5.74, 6) is -1.49. The highest BCUT2D eigenvalue weighted by molar-refractivity contribution is 6.01. The molecular formula is C29H31F3N6O5. The van der Waals surface area contributed by atoms with Crippen molar-refractivity contribution in [2.75, 3.05) is 46.7 Å². The standard InChI is InChI=1S/C29H31F3N6O5/c1-37-11-10-20(23(15-37)42-4)34-25(39)16-8-9-19(22(12-16)41-3)35-28-33-13-18(29(30,31)32)26(36-28)43-21-7-5-6-17-14-38(2)27(40)24(17)21/h5-9,12-13,20,23H,10-11,14-15H2,1-4H3,(H,34,39)(H,33,35,36)/t20?,23-/m0/s1. The number of anilines is 2. The maximum Gasteiger partial charge on any atom is 0.423 e. The number of piperidine rings is 1. The van der Waals surface area contributed by atoms with Crippen molar-refractivity contribution in [1.29, 1.82) is 0 Å². The number of methoxy groups -OCH3 is 2. The smallest absolute Gasteiger partial charge is 0.423 e. The van der Waals surface area contributed by atoms with Crippen LogP contribution >= 0.6 is 0 Å². The van der Waals surface area contributed by atoms with E-state index in [0.717, 1.165) is 13.0 Å². The van der Waals surface area contributed by atoms with Gasteiger partial charge in [-0.15, -0.1) is 0 Å². The highest BCUT2D eigenvalue weighted by Gasteiger charge is 2.38. The molecule has 2 amide bonds. The predicted molar refractivity (Wildman–Crippen MR) is 150 cm³/mol. The number of alkyl halides is 3. The molecule has 2 aromatic carbocycles. The Balaban J connectivity index is 1.39. The van der Waals surface area contributed by atoms with Crippen molar-refractivity contribution < 1.29 is 37.0 Å². The number of halogens is 3. The molecule has 1 aromatic heterocycles. The van der Waals surface area contributed by atoms with E-state index in [0.29, 0.717) is 36.1 Å². The molecule has 0 saturated carbocycles. The molecule has 1 fully saturated rings. The van der Waals surface area contributed by atoms with Gasteiger partial charge in [0.25, 0.3) is 11.8 Å². The molecule has 1 saturated heterocycles. The molecule has 0 radical (unpaired) electrons. The van der Waals surface area contributed by atoms with Crippen molar-refractivity contribution in [1.82, 2.24) is 25.1 Å². The summed E-state index contributed by atoms with van der Waals surface area (Å²) in [6, 6.07) is 9.14. The Morgan fingerprint density at radius 1 is 1.12 bits per heavy atom. The summed E-state index contributed by atoms with van der Waals surface area (Å²) in [6.45, 7) is 1.81. The van der Waals surface area contributed by atoms with E-state index >= 15 is 0 Å². The molecule has 11 nitrogen and oxygen atoms in total. The molecule has 228 valence electrons. The van der Waals surface area contributed by atoms with Crippen LogP contribution in [0.1, 0.15) is 38.3 Å². The van der Waals surface area contributed by atoms with Crippen molar-refractivity contribution in [3.05, 3.63) is 64.8 Å². The van der Waals surface area contributed by atoms with Gasteiger partial charge in [-0.05, 0) is 49.8 Å². The monoisotopic (exact) mass is 600 g/mol. The van der Waals surface area contributed by atoms with E-state index in [1.54, 1.807) is 32.4 Å². The molecule has 2 N–H and O–H groups in total. The highest BCUT2D eigenvalue weighted by Crippen LogP contribution is 2.40. The average Bonchev–Trinajstić information content (AvgIpc) is 3.27. The first-order valence-corrected chi connectivity index (χ1v) is 13.4. The number of benzene rings is 2. The Bertz CT molecular complexity index is 1530. The van der Waals surface area contributed by atoms with Crippen molar-refractivity contribution in [3.8, 4) is 17.4 Å². The van der Waals surface area contributed by atoms with Gasteiger partial charge in [-0.1, -0.05) is 12.1 Å². The zero-order chi connectivity index (χ0) is 30.9. The number of likely N-dealkylation sites (tertiary alicyclic amines) is 1. The van der Waals surface area contributed by atoms with Gasteiger partial charge in [-0.3, -0.25) is 9.59 Å². The van der Waals surface area contributed by atoms with Gasteiger partial charge in [0.1, 0.15) is 17.1 Å². The van der Waals surface area contributed by atoms with Crippen LogP contribution in [0, 0.1) is 0 Å². The van der Waals surface area contributed by atoms with Crippen LogP contribution in [-0.2, 0) is 17.5 Å². The molecule has 2 aliphatic heterocycles. The van der Waals surface area contributed by atoms with E-state index in [4.69, 9.17) is 14.2 Å². The van der Waals surface area contributed by atoms with Gasteiger partial charge in [-0.25, -0.2) is 4.98 Å². The van der Waals surface area contributed by atoms with Crippen LogP contribution in [0.5, 0.6) is 17.4 Å². The van der Waals surface area contributed by atoms with Gasteiger partial charge in [0, 0.05) is 39.0 Å². The third kappa shape index (κ3) is 6.34. The summed E-state index contributed by atoms with van der Waals surface area (Å²) in [6.07, 6.45) is -3.66. The molecule has 0 aliphatic carbocycles. The number of hydrogen-bond acceptors (Lipinski definition) is 9. The Labute approximate surface area is 245 Å². The van der Waals surface area contributed by atoms with Gasteiger partial charge >= 0.3 is 6.18 Å². The maximum atomic E-state index is 13.9. The summed E-state index contributed by atoms with van der Waals surface area (Å²) in [4.78, 5) is 37.1. The van der Waals surface area contributed by atoms with Gasteiger partial charge in [0.05, 0.1) is 30.5 Å². The zero-order valence-corrected chi connectivity index (χ0v) is 24.0. The van der Waals surface area contributed by atoms with Crippen LogP contribution in [0.2, 0.25) is 0 Å². The number of fused-ring (bicyclic) bond motifs is 1. The number of likely N-dealkylation sites (N-methyl/N-ethyl adjacent to an activating group) is 1. The third-order valence-electron chi connectivity index (χ3n) is 7.44. The lowest BCUT2D eigenvalue weighted by Crippen LogP contribution is -2.53. The van der Waals surface area contributed by atoms with E-state index in [1.165, 1.54) is 30.2 Å². The minimum Gasteiger partial charge on any atom is -0.495 e. The summed E-state index contributed by atoms with van der Waals surface area (Å²) < 4.78 is 58.2. The molecule has 0 spiro atoms. The summed E-state index contributed by atoms with van der Waals surface area (Å²) in [7, 11) is 6.58. The Morgan fingerprint density at radius 3 is 2.63 bits per heavy atom. The molecule has 3 aromatic rings. The Kier molecular flexibility index (Phi) is 8.42. The number of aromatic nitrogens is 2. The van der Waals surface area contributed by atoms with E-state index in [1.807, 2.05) is 7.05 Å². The second-order valence-electron chi connectivity index (χ2n) is 10.4. The van der Waals surface area contributed by atoms with Crippen LogP contribution in [0.4, 0.5) is 24.8 Å². The Morgan fingerprint density at radius 2 is 1.91 bits per heavy atom. The number of rotatable bonds is 8. The van der Waals surface area contributed by atoms with E-state index in [9.17, 15) is 22.8 Å². The molecule has 2 aliphatic rings. The summed E-state index contributed by atoms with van der Waals surface area (Å²) >= 11 is 0. The van der Waals surface area contributed by atoms with E-state index in [2.05, 4.69) is 25.5 Å². The van der Waals surface area contributed by atoms with E-state index < -0.39 is 17.6 Å². The first-order valence-electron chi connectivity index (χ1n) is 13.4. The fourth-order valence-corrected chi connectivity index (χ4v) is 5.14. The first kappa shape index (κ1) is 30.0. The molecule has 1 unspecified atom stereocenters. The molecule has 43 heavy (non-hydrogen) atoms. The van der Waals surface area contributed by atoms with Crippen molar-refractivity contribution in [3.63, 3.8) is 0 Å². The second-order valence-corrected chi connectivity index (χ2v) is 10.4. The zero-order valence-electron chi connectivity index (χ0n) is 24.0. The van der Waals surface area contributed by atoms with Crippen LogP contribution in [-0.4, -0.2) is 85.1 Å². The maximum absolute atomic E-state index is 13.9. The largest absolute Gasteiger partial charge is 0.495 e. The lowest BCUT2D eigenvalue weighted by molar-refractivity contribution is -0.139. The van der Waals surface area contributed by atoms with Crippen LogP contribution < -0.4 is 20.1 Å². The molecule has 2 atom stereocenters. The topological polar surface area (TPSA) is 118 Å². The van der Waals surface area contributed by atoms with Gasteiger partial charge in [0.15, 0.2) is 0 Å². The fourth-order valence-electron chi connectivity index (χ4n) is 5.14. The van der Waals surface area contributed by atoms with Crippen LogP contribution in [0.3, 0.4) is 0 Å². The van der Waals surface area contributed by atoms with Crippen molar-refractivity contribution >= 4 is 23.5 Å². The number of nitrogens with zero attached hydrogens (tertiary/aromatic N) is 4. The lowest BCUT2D eigenvalue weighted by Gasteiger charge is -2.36. The number of nitrogens with one attached hydrogen (secondary N) is 2. The molecule has 0 bridgehead atoms. The molecular weight excluding hydrogens is 569 g/mol. The quantitative estimate of drug-likeness (QED) is 0.395. The number of amides is 2. The number of ether oxygens (including phenoxy) is 3. The normalized spacial score (nSPS) is 18.8. The molecule has 3 heterocycles. The second kappa shape index (κ2) is 12.1. The van der Waals surface area contributed by atoms with Crippen molar-refractivity contribution in [2.45, 2.75) is 31.3 Å². The first-order chi connectivity index (χ1) is 20.5. The van der Waals surface area contributed by atoms with Gasteiger partial charge in [-0.2, -0.15) is 18.2 Å². The van der Waals surface area contributed by atoms with E-state index in [-0.39, 0.29) is 47.0 Å². The van der Waals surface area contributed by atoms with Crippen molar-refractivity contribution in [2.24, 2.45) is 0 Å². The predicted octanol–water partition coefficient (Wildman–Crippen LogP) is 4.07. The Hall–Kier alpha value is -4.43. The minimum absolute atomic E-state index is 0.0460.